The molecule has 0 spiro atoms. The number of carbonyl (C=O) groups is 1. The molecular formula is C16H21NO2S. The molecule has 0 radical (unpaired) electrons. The fourth-order valence-corrected chi connectivity index (χ4v) is 3.28. The molecule has 1 aliphatic heterocycles. The minimum Gasteiger partial charge on any atom is -0.384 e. The summed E-state index contributed by atoms with van der Waals surface area (Å²) in [7, 11) is 0. The number of rotatable bonds is 1. The minimum absolute atomic E-state index is 0.116. The molecule has 1 aromatic rings. The molecule has 1 fully saturated rings. The molecule has 0 bridgehead atoms. The van der Waals surface area contributed by atoms with Gasteiger partial charge in [-0.05, 0) is 36.8 Å². The Morgan fingerprint density at radius 2 is 2.20 bits per heavy atom. The maximum absolute atomic E-state index is 12.5. The Morgan fingerprint density at radius 3 is 2.95 bits per heavy atom. The van der Waals surface area contributed by atoms with Crippen LogP contribution in [0.25, 0.3) is 0 Å². The highest BCUT2D eigenvalue weighted by Gasteiger charge is 2.26. The molecule has 2 rings (SSSR count). The van der Waals surface area contributed by atoms with Crippen molar-refractivity contribution >= 4 is 17.2 Å². The van der Waals surface area contributed by atoms with Gasteiger partial charge in [-0.3, -0.25) is 4.79 Å². The number of nitrogens with zero attached hydrogens (tertiary/aromatic N) is 1. The number of likely N-dealkylation sites (tertiary alicyclic amines) is 1. The van der Waals surface area contributed by atoms with Gasteiger partial charge in [0.25, 0.3) is 5.91 Å². The lowest BCUT2D eigenvalue weighted by Gasteiger charge is -2.23. The maximum atomic E-state index is 12.5. The van der Waals surface area contributed by atoms with Crippen LogP contribution >= 0.6 is 11.3 Å². The summed E-state index contributed by atoms with van der Waals surface area (Å²) >= 11 is 1.41. The van der Waals surface area contributed by atoms with Crippen LogP contribution < -0.4 is 0 Å². The molecule has 4 heteroatoms. The van der Waals surface area contributed by atoms with E-state index in [2.05, 4.69) is 25.7 Å². The van der Waals surface area contributed by atoms with Crippen molar-refractivity contribution in [2.45, 2.75) is 33.1 Å². The van der Waals surface area contributed by atoms with E-state index >= 15 is 0 Å². The van der Waals surface area contributed by atoms with Crippen LogP contribution in [-0.4, -0.2) is 35.6 Å². The van der Waals surface area contributed by atoms with Gasteiger partial charge >= 0.3 is 0 Å². The maximum Gasteiger partial charge on any atom is 0.263 e. The normalized spacial score (nSPS) is 18.1. The van der Waals surface area contributed by atoms with E-state index in [1.807, 2.05) is 17.0 Å². The highest BCUT2D eigenvalue weighted by atomic mass is 32.1. The molecule has 0 atom stereocenters. The van der Waals surface area contributed by atoms with E-state index in [4.69, 9.17) is 5.11 Å². The van der Waals surface area contributed by atoms with Gasteiger partial charge in [0.1, 0.15) is 6.61 Å². The third-order valence-electron chi connectivity index (χ3n) is 3.73. The Bertz CT molecular complexity index is 536. The van der Waals surface area contributed by atoms with E-state index < -0.39 is 0 Å². The van der Waals surface area contributed by atoms with E-state index in [1.165, 1.54) is 17.8 Å². The van der Waals surface area contributed by atoms with Crippen LogP contribution in [0.15, 0.2) is 12.1 Å². The van der Waals surface area contributed by atoms with Gasteiger partial charge in [0.15, 0.2) is 0 Å². The van der Waals surface area contributed by atoms with E-state index in [9.17, 15) is 4.79 Å². The first kappa shape index (κ1) is 15.1. The van der Waals surface area contributed by atoms with Crippen LogP contribution in [-0.2, 0) is 0 Å². The van der Waals surface area contributed by atoms with Gasteiger partial charge in [-0.15, -0.1) is 11.3 Å². The third-order valence-corrected chi connectivity index (χ3v) is 4.72. The predicted molar refractivity (Wildman–Crippen MR) is 81.8 cm³/mol. The number of amides is 1. The summed E-state index contributed by atoms with van der Waals surface area (Å²) in [5, 5.41) is 8.68. The van der Waals surface area contributed by atoms with Gasteiger partial charge in [-0.1, -0.05) is 25.7 Å². The number of hydrogen-bond donors (Lipinski definition) is 1. The average Bonchev–Trinajstić information content (AvgIpc) is 2.80. The Morgan fingerprint density at radius 1 is 1.40 bits per heavy atom. The molecule has 108 valence electrons. The molecular weight excluding hydrogens is 270 g/mol. The summed E-state index contributed by atoms with van der Waals surface area (Å²) in [6.45, 7) is 6.07. The average molecular weight is 291 g/mol. The molecule has 0 aromatic carbocycles. The summed E-state index contributed by atoms with van der Waals surface area (Å²) in [6, 6.07) is 3.69. The topological polar surface area (TPSA) is 40.5 Å². The lowest BCUT2D eigenvalue weighted by atomic mass is 9.85. The Balaban J connectivity index is 2.05. The molecule has 2 heterocycles. The van der Waals surface area contributed by atoms with Gasteiger partial charge in [-0.25, -0.2) is 0 Å². The minimum atomic E-state index is -0.150. The van der Waals surface area contributed by atoms with Gasteiger partial charge in [-0.2, -0.15) is 0 Å². The summed E-state index contributed by atoms with van der Waals surface area (Å²) < 4.78 is 0. The summed E-state index contributed by atoms with van der Waals surface area (Å²) in [4.78, 5) is 16.0. The molecule has 0 unspecified atom stereocenters. The van der Waals surface area contributed by atoms with Crippen LogP contribution in [0.5, 0.6) is 0 Å². The van der Waals surface area contributed by atoms with Crippen molar-refractivity contribution < 1.29 is 9.90 Å². The zero-order valence-electron chi connectivity index (χ0n) is 12.1. The van der Waals surface area contributed by atoms with Crippen molar-refractivity contribution in [2.75, 3.05) is 19.7 Å². The molecule has 1 amide bonds. The highest BCUT2D eigenvalue weighted by Crippen LogP contribution is 2.30. The fraction of sp³-hybridized carbons (Fsp3) is 0.562. The largest absolute Gasteiger partial charge is 0.384 e. The lowest BCUT2D eigenvalue weighted by Crippen LogP contribution is -2.31. The van der Waals surface area contributed by atoms with E-state index in [1.54, 1.807) is 0 Å². The van der Waals surface area contributed by atoms with Crippen molar-refractivity contribution in [3.63, 3.8) is 0 Å². The quantitative estimate of drug-likeness (QED) is 0.808. The van der Waals surface area contributed by atoms with E-state index in [0.717, 1.165) is 35.7 Å². The van der Waals surface area contributed by atoms with Gasteiger partial charge in [0, 0.05) is 13.1 Å². The SMILES string of the molecule is CC1(C)CCCN(C(=O)c2ccc(C#CCO)s2)CC1. The van der Waals surface area contributed by atoms with Crippen molar-refractivity contribution in [3.8, 4) is 11.8 Å². The smallest absolute Gasteiger partial charge is 0.263 e. The summed E-state index contributed by atoms with van der Waals surface area (Å²) in [6.07, 6.45) is 3.30. The molecule has 3 nitrogen and oxygen atoms in total. The zero-order chi connectivity index (χ0) is 14.6. The lowest BCUT2D eigenvalue weighted by molar-refractivity contribution is 0.0762. The molecule has 1 saturated heterocycles. The van der Waals surface area contributed by atoms with Crippen molar-refractivity contribution in [1.29, 1.82) is 0 Å². The molecule has 0 saturated carbocycles. The van der Waals surface area contributed by atoms with Gasteiger partial charge in [0.2, 0.25) is 0 Å². The second-order valence-electron chi connectivity index (χ2n) is 5.93. The molecule has 0 aliphatic carbocycles. The molecule has 1 aliphatic rings. The summed E-state index contributed by atoms with van der Waals surface area (Å²) in [5.74, 6) is 5.57. The first-order valence-electron chi connectivity index (χ1n) is 7.01. The predicted octanol–water partition coefficient (Wildman–Crippen LogP) is 2.74. The first-order chi connectivity index (χ1) is 9.52. The van der Waals surface area contributed by atoms with Gasteiger partial charge in [0.05, 0.1) is 9.75 Å². The second kappa shape index (κ2) is 6.43. The highest BCUT2D eigenvalue weighted by molar-refractivity contribution is 7.14. The van der Waals surface area contributed by atoms with Crippen LogP contribution in [0.4, 0.5) is 0 Å². The Hall–Kier alpha value is -1.31. The van der Waals surface area contributed by atoms with Crippen LogP contribution in [0, 0.1) is 17.3 Å². The van der Waals surface area contributed by atoms with E-state index in [-0.39, 0.29) is 12.5 Å². The fourth-order valence-electron chi connectivity index (χ4n) is 2.43. The standard InChI is InChI=1S/C16H21NO2S/c1-16(2)8-4-10-17(11-9-16)15(19)14-7-6-13(20-14)5-3-12-18/h6-7,18H,4,8-12H2,1-2H3. The van der Waals surface area contributed by atoms with Crippen LogP contribution in [0.3, 0.4) is 0 Å². The van der Waals surface area contributed by atoms with Gasteiger partial charge < -0.3 is 10.0 Å². The molecule has 20 heavy (non-hydrogen) atoms. The van der Waals surface area contributed by atoms with Crippen molar-refractivity contribution in [3.05, 3.63) is 21.9 Å². The monoisotopic (exact) mass is 291 g/mol. The number of thiophene rings is 1. The first-order valence-corrected chi connectivity index (χ1v) is 7.82. The molecule has 1 aromatic heterocycles. The van der Waals surface area contributed by atoms with Crippen molar-refractivity contribution in [2.24, 2.45) is 5.41 Å². The number of aliphatic hydroxyl groups is 1. The number of aliphatic hydroxyl groups excluding tert-OH is 1. The molecule has 1 N–H and O–H groups in total. The number of carbonyl (C=O) groups excluding carboxylic acids is 1. The zero-order valence-corrected chi connectivity index (χ0v) is 12.9. The third kappa shape index (κ3) is 3.84. The van der Waals surface area contributed by atoms with E-state index in [0.29, 0.717) is 5.41 Å². The van der Waals surface area contributed by atoms with Crippen LogP contribution in [0.2, 0.25) is 0 Å². The number of hydrogen-bond acceptors (Lipinski definition) is 3. The second-order valence-corrected chi connectivity index (χ2v) is 7.02. The van der Waals surface area contributed by atoms with Crippen LogP contribution in [0.1, 0.15) is 47.7 Å². The van der Waals surface area contributed by atoms with Crippen molar-refractivity contribution in [1.82, 2.24) is 4.90 Å². The summed E-state index contributed by atoms with van der Waals surface area (Å²) in [5.41, 5.74) is 0.336. The Kier molecular flexibility index (Phi) is 4.85. The Labute approximate surface area is 124 Å².